The van der Waals surface area contributed by atoms with Crippen LogP contribution in [0.5, 0.6) is 0 Å². The highest BCUT2D eigenvalue weighted by Crippen LogP contribution is 2.22. The summed E-state index contributed by atoms with van der Waals surface area (Å²) >= 11 is 0. The molecule has 4 N–H and O–H groups in total. The van der Waals surface area contributed by atoms with Crippen molar-refractivity contribution in [1.29, 1.82) is 0 Å². The molecule has 1 saturated heterocycles. The third-order valence-corrected chi connectivity index (χ3v) is 9.90. The standard InChI is InChI=1S/C42H78O10/c1-3-5-7-9-11-13-15-17-18-19-21-23-25-27-29-31-38(45)51-35(34-50-42-41(48)40(47)39(46)36(32-43)52-42)33-49-37(44)30-28-26-24-22-20-16-14-12-10-8-6-4-2/h21,23,35-36,39-43,46-48H,3-20,22,24-34H2,1-2H3/b23-21+/t35-,36-,39+,40?,41?,42-/m1/s1. The van der Waals surface area contributed by atoms with E-state index in [0.29, 0.717) is 6.42 Å². The molecule has 1 aliphatic rings. The van der Waals surface area contributed by atoms with Gasteiger partial charge in [0.05, 0.1) is 13.2 Å². The fourth-order valence-corrected chi connectivity index (χ4v) is 6.48. The fourth-order valence-electron chi connectivity index (χ4n) is 6.48. The van der Waals surface area contributed by atoms with Crippen LogP contribution in [0, 0.1) is 0 Å². The first-order valence-corrected chi connectivity index (χ1v) is 21.3. The van der Waals surface area contributed by atoms with E-state index in [1.54, 1.807) is 0 Å². The second-order valence-corrected chi connectivity index (χ2v) is 14.8. The van der Waals surface area contributed by atoms with Crippen LogP contribution >= 0.6 is 0 Å². The summed E-state index contributed by atoms with van der Waals surface area (Å²) in [7, 11) is 0. The molecule has 0 aromatic heterocycles. The highest BCUT2D eigenvalue weighted by Gasteiger charge is 2.44. The molecule has 1 rings (SSSR count). The minimum absolute atomic E-state index is 0.204. The lowest BCUT2D eigenvalue weighted by Crippen LogP contribution is -2.59. The first kappa shape index (κ1) is 48.5. The lowest BCUT2D eigenvalue weighted by molar-refractivity contribution is -0.305. The first-order chi connectivity index (χ1) is 25.3. The van der Waals surface area contributed by atoms with E-state index in [2.05, 4.69) is 26.0 Å². The number of esters is 2. The fraction of sp³-hybridized carbons (Fsp3) is 0.905. The summed E-state index contributed by atoms with van der Waals surface area (Å²) in [5.74, 6) is -0.826. The molecule has 52 heavy (non-hydrogen) atoms. The molecule has 306 valence electrons. The third kappa shape index (κ3) is 25.5. The van der Waals surface area contributed by atoms with Crippen LogP contribution in [-0.2, 0) is 28.5 Å². The Morgan fingerprint density at radius 2 is 1.02 bits per heavy atom. The van der Waals surface area contributed by atoms with Crippen molar-refractivity contribution in [3.05, 3.63) is 12.2 Å². The van der Waals surface area contributed by atoms with Crippen molar-refractivity contribution in [2.24, 2.45) is 0 Å². The molecule has 0 aromatic carbocycles. The van der Waals surface area contributed by atoms with Gasteiger partial charge in [0.25, 0.3) is 0 Å². The number of rotatable bonds is 35. The minimum Gasteiger partial charge on any atom is -0.462 e. The molecule has 0 amide bonds. The molecule has 0 aromatic rings. The first-order valence-electron chi connectivity index (χ1n) is 21.3. The van der Waals surface area contributed by atoms with E-state index in [4.69, 9.17) is 18.9 Å². The molecule has 1 fully saturated rings. The summed E-state index contributed by atoms with van der Waals surface area (Å²) in [5.41, 5.74) is 0. The summed E-state index contributed by atoms with van der Waals surface area (Å²) in [6, 6.07) is 0. The quantitative estimate of drug-likeness (QED) is 0.0283. The number of carbonyl (C=O) groups is 2. The van der Waals surface area contributed by atoms with E-state index in [-0.39, 0.29) is 32.0 Å². The van der Waals surface area contributed by atoms with Crippen LogP contribution in [0.2, 0.25) is 0 Å². The van der Waals surface area contributed by atoms with E-state index in [1.165, 1.54) is 116 Å². The van der Waals surface area contributed by atoms with Crippen LogP contribution in [0.3, 0.4) is 0 Å². The molecule has 1 aliphatic heterocycles. The van der Waals surface area contributed by atoms with Crippen molar-refractivity contribution < 1.29 is 49.0 Å². The van der Waals surface area contributed by atoms with Gasteiger partial charge >= 0.3 is 11.9 Å². The number of hydrogen-bond acceptors (Lipinski definition) is 10. The zero-order valence-corrected chi connectivity index (χ0v) is 33.1. The maximum Gasteiger partial charge on any atom is 0.306 e. The van der Waals surface area contributed by atoms with Gasteiger partial charge in [0.2, 0.25) is 0 Å². The second-order valence-electron chi connectivity index (χ2n) is 14.8. The average molecular weight is 743 g/mol. The van der Waals surface area contributed by atoms with Crippen molar-refractivity contribution in [2.75, 3.05) is 19.8 Å². The molecule has 10 nitrogen and oxygen atoms in total. The van der Waals surface area contributed by atoms with Gasteiger partial charge in [-0.2, -0.15) is 0 Å². The molecular weight excluding hydrogens is 664 g/mol. The number of carbonyl (C=O) groups excluding carboxylic acids is 2. The second kappa shape index (κ2) is 34.0. The van der Waals surface area contributed by atoms with Crippen molar-refractivity contribution in [3.8, 4) is 0 Å². The van der Waals surface area contributed by atoms with Gasteiger partial charge in [-0.3, -0.25) is 9.59 Å². The Labute approximate surface area is 316 Å². The predicted molar refractivity (Wildman–Crippen MR) is 206 cm³/mol. The summed E-state index contributed by atoms with van der Waals surface area (Å²) in [6.45, 7) is 3.40. The molecule has 0 bridgehead atoms. The number of ether oxygens (including phenoxy) is 4. The van der Waals surface area contributed by atoms with E-state index in [1.807, 2.05) is 0 Å². The summed E-state index contributed by atoms with van der Waals surface area (Å²) in [5, 5.41) is 40.0. The highest BCUT2D eigenvalue weighted by atomic mass is 16.7. The predicted octanol–water partition coefficient (Wildman–Crippen LogP) is 8.39. The molecule has 0 aliphatic carbocycles. The number of unbranched alkanes of at least 4 members (excludes halogenated alkanes) is 22. The lowest BCUT2D eigenvalue weighted by Gasteiger charge is -2.39. The Morgan fingerprint density at radius 1 is 0.577 bits per heavy atom. The van der Waals surface area contributed by atoms with E-state index in [9.17, 15) is 30.0 Å². The van der Waals surface area contributed by atoms with Crippen LogP contribution in [0.25, 0.3) is 0 Å². The SMILES string of the molecule is CCCCCCCCCCC/C=C/CCCCC(=O)O[C@H](COC(=O)CCCCCCCCCCCCCC)CO[C@@H]1O[C@H](CO)[C@H](O)C(O)C1O. The van der Waals surface area contributed by atoms with Crippen LogP contribution in [0.15, 0.2) is 12.2 Å². The van der Waals surface area contributed by atoms with E-state index in [0.717, 1.165) is 38.5 Å². The van der Waals surface area contributed by atoms with Gasteiger partial charge in [-0.1, -0.05) is 148 Å². The maximum atomic E-state index is 12.7. The van der Waals surface area contributed by atoms with Crippen molar-refractivity contribution in [1.82, 2.24) is 0 Å². The molecule has 0 saturated carbocycles. The van der Waals surface area contributed by atoms with Crippen molar-refractivity contribution >= 4 is 11.9 Å². The Kier molecular flexibility index (Phi) is 31.7. The minimum atomic E-state index is -1.59. The zero-order chi connectivity index (χ0) is 38.1. The van der Waals surface area contributed by atoms with Crippen molar-refractivity contribution in [2.45, 2.75) is 224 Å². The molecule has 2 unspecified atom stereocenters. The van der Waals surface area contributed by atoms with Gasteiger partial charge in [0, 0.05) is 12.8 Å². The third-order valence-electron chi connectivity index (χ3n) is 9.90. The molecule has 0 spiro atoms. The van der Waals surface area contributed by atoms with E-state index >= 15 is 0 Å². The lowest BCUT2D eigenvalue weighted by atomic mass is 9.99. The van der Waals surface area contributed by atoms with Crippen LogP contribution < -0.4 is 0 Å². The van der Waals surface area contributed by atoms with Gasteiger partial charge in [0.15, 0.2) is 12.4 Å². The van der Waals surface area contributed by atoms with Crippen LogP contribution in [-0.4, -0.2) is 89.0 Å². The summed E-state index contributed by atoms with van der Waals surface area (Å²) in [4.78, 5) is 25.2. The Bertz CT molecular complexity index is 866. The van der Waals surface area contributed by atoms with Gasteiger partial charge in [0.1, 0.15) is 31.0 Å². The van der Waals surface area contributed by atoms with Crippen LogP contribution in [0.1, 0.15) is 187 Å². The Hall–Kier alpha value is -1.56. The highest BCUT2D eigenvalue weighted by molar-refractivity contribution is 5.70. The molecule has 6 atom stereocenters. The maximum absolute atomic E-state index is 12.7. The number of hydrogen-bond donors (Lipinski definition) is 4. The zero-order valence-electron chi connectivity index (χ0n) is 33.1. The largest absolute Gasteiger partial charge is 0.462 e. The molecular formula is C42H78O10. The number of aliphatic hydroxyl groups excluding tert-OH is 4. The Balaban J connectivity index is 2.37. The number of allylic oxidation sites excluding steroid dienone is 2. The van der Waals surface area contributed by atoms with Gasteiger partial charge < -0.3 is 39.4 Å². The van der Waals surface area contributed by atoms with E-state index < -0.39 is 49.4 Å². The van der Waals surface area contributed by atoms with Crippen molar-refractivity contribution in [3.63, 3.8) is 0 Å². The number of aliphatic hydroxyl groups is 4. The van der Waals surface area contributed by atoms with Gasteiger partial charge in [-0.25, -0.2) is 0 Å². The topological polar surface area (TPSA) is 152 Å². The molecule has 1 heterocycles. The van der Waals surface area contributed by atoms with Gasteiger partial charge in [-0.15, -0.1) is 0 Å². The molecule has 10 heteroatoms. The normalized spacial score (nSPS) is 21.1. The summed E-state index contributed by atoms with van der Waals surface area (Å²) < 4.78 is 22.1. The Morgan fingerprint density at radius 3 is 1.54 bits per heavy atom. The summed E-state index contributed by atoms with van der Waals surface area (Å²) in [6.07, 6.45) is 26.5. The average Bonchev–Trinajstić information content (AvgIpc) is 3.14. The van der Waals surface area contributed by atoms with Gasteiger partial charge in [-0.05, 0) is 38.5 Å². The smallest absolute Gasteiger partial charge is 0.306 e. The molecule has 0 radical (unpaired) electrons. The monoisotopic (exact) mass is 743 g/mol. The van der Waals surface area contributed by atoms with Crippen LogP contribution in [0.4, 0.5) is 0 Å².